The lowest BCUT2D eigenvalue weighted by molar-refractivity contribution is -0.137. The van der Waals surface area contributed by atoms with Crippen LogP contribution >= 0.6 is 0 Å². The third-order valence-electron chi connectivity index (χ3n) is 3.83. The van der Waals surface area contributed by atoms with Crippen LogP contribution in [0.4, 0.5) is 13.2 Å². The molecule has 0 saturated heterocycles. The van der Waals surface area contributed by atoms with Crippen molar-refractivity contribution >= 4 is 0 Å². The van der Waals surface area contributed by atoms with E-state index in [4.69, 9.17) is 5.73 Å². The lowest BCUT2D eigenvalue weighted by Gasteiger charge is -2.42. The molecule has 0 aromatic heterocycles. The molecule has 0 aliphatic carbocycles. The van der Waals surface area contributed by atoms with E-state index in [0.29, 0.717) is 19.0 Å². The van der Waals surface area contributed by atoms with Gasteiger partial charge in [0.15, 0.2) is 0 Å². The van der Waals surface area contributed by atoms with Gasteiger partial charge in [0.25, 0.3) is 0 Å². The molecule has 2 unspecified atom stereocenters. The van der Waals surface area contributed by atoms with Crippen LogP contribution in [0.1, 0.15) is 52.9 Å². The van der Waals surface area contributed by atoms with E-state index in [1.165, 1.54) is 0 Å². The highest BCUT2D eigenvalue weighted by atomic mass is 19.4. The summed E-state index contributed by atoms with van der Waals surface area (Å²) in [4.78, 5) is 2.13. The van der Waals surface area contributed by atoms with Gasteiger partial charge >= 0.3 is 6.18 Å². The summed E-state index contributed by atoms with van der Waals surface area (Å²) >= 11 is 0. The smallest absolute Gasteiger partial charge is 0.329 e. The van der Waals surface area contributed by atoms with E-state index < -0.39 is 12.6 Å². The number of nitrogens with two attached hydrogens (primary N) is 1. The fourth-order valence-corrected chi connectivity index (χ4v) is 2.24. The van der Waals surface area contributed by atoms with Crippen LogP contribution in [-0.2, 0) is 0 Å². The van der Waals surface area contributed by atoms with Crippen molar-refractivity contribution in [3.63, 3.8) is 0 Å². The standard InChI is InChI=1S/C13H27F3N2/c1-5-7-11(2)18(4)12(3,10-17)8-6-9-13(14,15)16/h11H,5-10,17H2,1-4H3. The Kier molecular flexibility index (Phi) is 7.22. The van der Waals surface area contributed by atoms with Crippen LogP contribution < -0.4 is 5.73 Å². The van der Waals surface area contributed by atoms with Gasteiger partial charge in [0.05, 0.1) is 0 Å². The summed E-state index contributed by atoms with van der Waals surface area (Å²) in [5.74, 6) is 0. The van der Waals surface area contributed by atoms with E-state index in [1.807, 2.05) is 14.0 Å². The molecule has 0 aliphatic heterocycles. The lowest BCUT2D eigenvalue weighted by Crippen LogP contribution is -2.53. The quantitative estimate of drug-likeness (QED) is 0.729. The van der Waals surface area contributed by atoms with Crippen molar-refractivity contribution < 1.29 is 13.2 Å². The molecule has 0 fully saturated rings. The average Bonchev–Trinajstić information content (AvgIpc) is 2.26. The van der Waals surface area contributed by atoms with Crippen molar-refractivity contribution in [1.29, 1.82) is 0 Å². The van der Waals surface area contributed by atoms with Gasteiger partial charge in [0, 0.05) is 24.5 Å². The molecule has 0 rings (SSSR count). The Morgan fingerprint density at radius 2 is 1.78 bits per heavy atom. The Morgan fingerprint density at radius 3 is 2.17 bits per heavy atom. The molecule has 0 radical (unpaired) electrons. The van der Waals surface area contributed by atoms with E-state index in [-0.39, 0.29) is 12.0 Å². The number of hydrogen-bond donors (Lipinski definition) is 1. The number of alkyl halides is 3. The van der Waals surface area contributed by atoms with Crippen LogP contribution in [0.15, 0.2) is 0 Å². The second-order valence-corrected chi connectivity index (χ2v) is 5.42. The van der Waals surface area contributed by atoms with Gasteiger partial charge in [-0.25, -0.2) is 0 Å². The zero-order chi connectivity index (χ0) is 14.4. The molecule has 2 N–H and O–H groups in total. The molecule has 0 bridgehead atoms. The summed E-state index contributed by atoms with van der Waals surface area (Å²) in [7, 11) is 1.96. The maximum atomic E-state index is 12.2. The lowest BCUT2D eigenvalue weighted by atomic mass is 9.91. The van der Waals surface area contributed by atoms with Crippen molar-refractivity contribution in [3.8, 4) is 0 Å². The predicted molar refractivity (Wildman–Crippen MR) is 69.5 cm³/mol. The second kappa shape index (κ2) is 7.34. The number of hydrogen-bond acceptors (Lipinski definition) is 2. The van der Waals surface area contributed by atoms with Crippen LogP contribution in [0, 0.1) is 0 Å². The minimum absolute atomic E-state index is 0.139. The monoisotopic (exact) mass is 268 g/mol. The molecule has 2 nitrogen and oxygen atoms in total. The van der Waals surface area contributed by atoms with Crippen LogP contribution in [0.2, 0.25) is 0 Å². The molecule has 18 heavy (non-hydrogen) atoms. The summed E-state index contributed by atoms with van der Waals surface area (Å²) in [6.07, 6.45) is -2.07. The first-order valence-corrected chi connectivity index (χ1v) is 6.66. The SMILES string of the molecule is CCCC(C)N(C)C(C)(CN)CCCC(F)(F)F. The number of rotatable bonds is 8. The Bertz CT molecular complexity index is 231. The van der Waals surface area contributed by atoms with Gasteiger partial charge in [-0.05, 0) is 40.2 Å². The Labute approximate surface area is 109 Å². The predicted octanol–water partition coefficient (Wildman–Crippen LogP) is 3.56. The Balaban J connectivity index is 4.40. The first kappa shape index (κ1) is 17.7. The summed E-state index contributed by atoms with van der Waals surface area (Å²) in [6.45, 7) is 6.54. The summed E-state index contributed by atoms with van der Waals surface area (Å²) in [5.41, 5.74) is 5.42. The molecule has 2 atom stereocenters. The Hall–Kier alpha value is -0.290. The van der Waals surface area contributed by atoms with Gasteiger partial charge in [-0.1, -0.05) is 13.3 Å². The van der Waals surface area contributed by atoms with E-state index in [1.54, 1.807) is 0 Å². The van der Waals surface area contributed by atoms with E-state index in [2.05, 4.69) is 18.7 Å². The molecule has 0 aromatic carbocycles. The molecule has 0 spiro atoms. The van der Waals surface area contributed by atoms with Gasteiger partial charge < -0.3 is 5.73 Å². The zero-order valence-electron chi connectivity index (χ0n) is 12.0. The van der Waals surface area contributed by atoms with Gasteiger partial charge in [0.1, 0.15) is 0 Å². The van der Waals surface area contributed by atoms with Crippen molar-refractivity contribution in [1.82, 2.24) is 4.90 Å². The average molecular weight is 268 g/mol. The zero-order valence-corrected chi connectivity index (χ0v) is 12.0. The molecule has 0 aliphatic rings. The van der Waals surface area contributed by atoms with Crippen LogP contribution in [0.25, 0.3) is 0 Å². The topological polar surface area (TPSA) is 29.3 Å². The van der Waals surface area contributed by atoms with Crippen LogP contribution in [0.3, 0.4) is 0 Å². The van der Waals surface area contributed by atoms with E-state index in [9.17, 15) is 13.2 Å². The van der Waals surface area contributed by atoms with Crippen molar-refractivity contribution in [2.45, 2.75) is 70.6 Å². The van der Waals surface area contributed by atoms with Gasteiger partial charge in [-0.3, -0.25) is 4.90 Å². The maximum Gasteiger partial charge on any atom is 0.389 e. The molecular weight excluding hydrogens is 241 g/mol. The fourth-order valence-electron chi connectivity index (χ4n) is 2.24. The van der Waals surface area contributed by atoms with Gasteiger partial charge in [-0.15, -0.1) is 0 Å². The minimum Gasteiger partial charge on any atom is -0.329 e. The first-order valence-electron chi connectivity index (χ1n) is 6.66. The third kappa shape index (κ3) is 6.05. The second-order valence-electron chi connectivity index (χ2n) is 5.42. The number of nitrogens with zero attached hydrogens (tertiary/aromatic N) is 1. The van der Waals surface area contributed by atoms with Crippen LogP contribution in [-0.4, -0.2) is 36.2 Å². The molecule has 110 valence electrons. The molecule has 0 aromatic rings. The first-order chi connectivity index (χ1) is 8.16. The third-order valence-corrected chi connectivity index (χ3v) is 3.83. The van der Waals surface area contributed by atoms with Crippen molar-refractivity contribution in [2.24, 2.45) is 5.73 Å². The highest BCUT2D eigenvalue weighted by Crippen LogP contribution is 2.28. The van der Waals surface area contributed by atoms with E-state index >= 15 is 0 Å². The van der Waals surface area contributed by atoms with Gasteiger partial charge in [0.2, 0.25) is 0 Å². The highest BCUT2D eigenvalue weighted by molar-refractivity contribution is 4.88. The normalized spacial score (nSPS) is 17.8. The van der Waals surface area contributed by atoms with E-state index in [0.717, 1.165) is 12.8 Å². The highest BCUT2D eigenvalue weighted by Gasteiger charge is 2.33. The molecule has 5 heteroatoms. The molecule has 0 amide bonds. The largest absolute Gasteiger partial charge is 0.389 e. The number of likely N-dealkylation sites (N-methyl/N-ethyl adjacent to an activating group) is 1. The summed E-state index contributed by atoms with van der Waals surface area (Å²) < 4.78 is 36.5. The van der Waals surface area contributed by atoms with Crippen molar-refractivity contribution in [2.75, 3.05) is 13.6 Å². The molecule has 0 saturated carbocycles. The summed E-state index contributed by atoms with van der Waals surface area (Å²) in [6, 6.07) is 0.342. The van der Waals surface area contributed by atoms with Crippen LogP contribution in [0.5, 0.6) is 0 Å². The molecule has 0 heterocycles. The fraction of sp³-hybridized carbons (Fsp3) is 1.00. The Morgan fingerprint density at radius 1 is 1.22 bits per heavy atom. The minimum atomic E-state index is -4.07. The van der Waals surface area contributed by atoms with Crippen molar-refractivity contribution in [3.05, 3.63) is 0 Å². The summed E-state index contributed by atoms with van der Waals surface area (Å²) in [5, 5.41) is 0. The molecular formula is C13H27F3N2. The van der Waals surface area contributed by atoms with Gasteiger partial charge in [-0.2, -0.15) is 13.2 Å². The number of halogens is 3. The maximum absolute atomic E-state index is 12.2.